The predicted octanol–water partition coefficient (Wildman–Crippen LogP) is 9.42. The molecular weight excluding hydrogens is 796 g/mol. The number of nitrogens with zero attached hydrogens (tertiary/aromatic N) is 5. The lowest BCUT2D eigenvalue weighted by Crippen LogP contribution is -2.43. The highest BCUT2D eigenvalue weighted by molar-refractivity contribution is 7.98. The van der Waals surface area contributed by atoms with Crippen LogP contribution in [0.15, 0.2) is 58.9 Å². The van der Waals surface area contributed by atoms with Crippen molar-refractivity contribution in [2.45, 2.75) is 89.1 Å². The number of benzene rings is 2. The normalized spacial score (nSPS) is 13.1. The Balaban J connectivity index is 1.25. The van der Waals surface area contributed by atoms with Gasteiger partial charge in [-0.2, -0.15) is 5.26 Å². The minimum atomic E-state index is -0.876. The van der Waals surface area contributed by atoms with E-state index in [-0.39, 0.29) is 32.0 Å². The highest BCUT2D eigenvalue weighted by Crippen LogP contribution is 2.45. The smallest absolute Gasteiger partial charge is 0.328 e. The van der Waals surface area contributed by atoms with Crippen LogP contribution in [0.2, 0.25) is 5.02 Å². The van der Waals surface area contributed by atoms with Crippen LogP contribution in [-0.4, -0.2) is 65.8 Å². The van der Waals surface area contributed by atoms with Crippen molar-refractivity contribution in [1.82, 2.24) is 15.3 Å². The third-order valence-corrected chi connectivity index (χ3v) is 11.0. The third-order valence-electron chi connectivity index (χ3n) is 8.79. The van der Waals surface area contributed by atoms with Crippen LogP contribution in [0.5, 0.6) is 5.75 Å². The molecule has 2 aromatic heterocycles. The molecular formula is C43H47ClN6O6S2. The molecule has 1 aliphatic heterocycles. The first-order valence-corrected chi connectivity index (χ1v) is 21.3. The van der Waals surface area contributed by atoms with Gasteiger partial charge in [-0.05, 0) is 75.8 Å². The molecule has 0 radical (unpaired) electrons. The second-order valence-corrected chi connectivity index (χ2v) is 17.3. The number of amides is 1. The van der Waals surface area contributed by atoms with E-state index in [9.17, 15) is 19.6 Å². The van der Waals surface area contributed by atoms with Crippen LogP contribution in [-0.2, 0) is 29.6 Å². The number of nitrogens with one attached hydrogen (secondary N) is 1. The summed E-state index contributed by atoms with van der Waals surface area (Å²) in [5.74, 6) is 0.126. The number of halogens is 1. The van der Waals surface area contributed by atoms with Gasteiger partial charge in [0.1, 0.15) is 52.5 Å². The molecule has 1 aliphatic rings. The minimum Gasteiger partial charge on any atom is -0.490 e. The first-order chi connectivity index (χ1) is 27.7. The van der Waals surface area contributed by atoms with Crippen LogP contribution < -0.4 is 15.0 Å². The van der Waals surface area contributed by atoms with E-state index < -0.39 is 29.5 Å². The van der Waals surface area contributed by atoms with E-state index in [2.05, 4.69) is 21.1 Å². The van der Waals surface area contributed by atoms with Gasteiger partial charge in [0, 0.05) is 46.8 Å². The lowest BCUT2D eigenvalue weighted by atomic mass is 9.99. The SMILES string of the molecule is [C-]#[N+]c1c(N2CCCC2)nc(SCc2csc(-c3ccc(Cl)cc3)n2)c(C#N)c1-c1ccc(OCCOC(=O)[C@H](CC(C)C)NC(=O)CCC(=O)OC(C)(C)C)cc1. The zero-order valence-electron chi connectivity index (χ0n) is 33.3. The van der Waals surface area contributed by atoms with Crippen LogP contribution in [0.4, 0.5) is 11.5 Å². The highest BCUT2D eigenvalue weighted by atomic mass is 35.5. The zero-order valence-corrected chi connectivity index (χ0v) is 35.7. The lowest BCUT2D eigenvalue weighted by molar-refractivity contribution is -0.155. The average Bonchev–Trinajstić information content (AvgIpc) is 3.90. The molecule has 5 rings (SSSR count). The highest BCUT2D eigenvalue weighted by Gasteiger charge is 2.27. The largest absolute Gasteiger partial charge is 0.490 e. The second kappa shape index (κ2) is 20.5. The molecule has 3 heterocycles. The molecule has 15 heteroatoms. The number of rotatable bonds is 17. The van der Waals surface area contributed by atoms with E-state index in [4.69, 9.17) is 42.4 Å². The Morgan fingerprint density at radius 2 is 1.72 bits per heavy atom. The van der Waals surface area contributed by atoms with Gasteiger partial charge in [-0.3, -0.25) is 9.59 Å². The molecule has 58 heavy (non-hydrogen) atoms. The first kappa shape index (κ1) is 44.0. The summed E-state index contributed by atoms with van der Waals surface area (Å²) in [4.78, 5) is 53.4. The van der Waals surface area contributed by atoms with Crippen LogP contribution >= 0.6 is 34.7 Å². The number of thioether (sulfide) groups is 1. The summed E-state index contributed by atoms with van der Waals surface area (Å²) in [5.41, 5.74) is 3.01. The molecule has 0 spiro atoms. The van der Waals surface area contributed by atoms with Crippen molar-refractivity contribution in [3.63, 3.8) is 0 Å². The van der Waals surface area contributed by atoms with Crippen LogP contribution in [0.25, 0.3) is 26.5 Å². The molecule has 0 bridgehead atoms. The molecule has 1 N–H and O–H groups in total. The number of hydrogen-bond acceptors (Lipinski definition) is 12. The van der Waals surface area contributed by atoms with E-state index in [1.165, 1.54) is 23.1 Å². The number of anilines is 1. The molecule has 0 unspecified atom stereocenters. The van der Waals surface area contributed by atoms with Crippen LogP contribution in [0.3, 0.4) is 0 Å². The van der Waals surface area contributed by atoms with Crippen LogP contribution in [0, 0.1) is 23.8 Å². The number of ether oxygens (including phenoxy) is 3. The van der Waals surface area contributed by atoms with Gasteiger partial charge >= 0.3 is 11.9 Å². The molecule has 2 aromatic carbocycles. The molecule has 0 aliphatic carbocycles. The maximum absolute atomic E-state index is 13.0. The molecule has 1 fully saturated rings. The third kappa shape index (κ3) is 12.4. The van der Waals surface area contributed by atoms with Gasteiger partial charge in [-0.1, -0.05) is 61.5 Å². The molecule has 1 saturated heterocycles. The van der Waals surface area contributed by atoms with Crippen molar-refractivity contribution in [3.05, 3.63) is 81.6 Å². The van der Waals surface area contributed by atoms with Gasteiger partial charge in [0.25, 0.3) is 0 Å². The topological polar surface area (TPSA) is 148 Å². The monoisotopic (exact) mass is 842 g/mol. The Labute approximate surface area is 353 Å². The summed E-state index contributed by atoms with van der Waals surface area (Å²) in [7, 11) is 0. The number of esters is 2. The summed E-state index contributed by atoms with van der Waals surface area (Å²) in [5, 5.41) is 17.3. The van der Waals surface area contributed by atoms with Gasteiger partial charge in [-0.25, -0.2) is 19.6 Å². The average molecular weight is 843 g/mol. The van der Waals surface area contributed by atoms with Gasteiger partial charge < -0.3 is 24.4 Å². The fourth-order valence-electron chi connectivity index (χ4n) is 6.21. The standard InChI is InChI=1S/C43H47ClN6O6S2/c1-27(2)23-34(48-35(51)17-18-36(52)56-43(3,4)5)42(53)55-22-21-54-32-15-11-28(12-16-32)37-33(24-45)41(49-39(38(37)46-6)50-19-7-8-20-50)58-26-31-25-57-40(47-31)29-9-13-30(44)14-10-29/h9-16,25,27,34H,7-8,17-23,26H2,1-5H3,(H,48,51)/t34-/m0/s1. The molecule has 304 valence electrons. The molecule has 4 aromatic rings. The summed E-state index contributed by atoms with van der Waals surface area (Å²) in [6, 6.07) is 16.1. The summed E-state index contributed by atoms with van der Waals surface area (Å²) >= 11 is 9.03. The Kier molecular flexibility index (Phi) is 15.5. The minimum absolute atomic E-state index is 0.0499. The van der Waals surface area contributed by atoms with Gasteiger partial charge in [0.05, 0.1) is 24.3 Å². The predicted molar refractivity (Wildman–Crippen MR) is 227 cm³/mol. The number of nitriles is 1. The maximum Gasteiger partial charge on any atom is 0.328 e. The molecule has 1 atom stereocenters. The molecule has 1 amide bonds. The summed E-state index contributed by atoms with van der Waals surface area (Å²) < 4.78 is 16.6. The van der Waals surface area contributed by atoms with E-state index in [1.807, 2.05) is 43.5 Å². The fraction of sp³-hybridized carbons (Fsp3) is 0.419. The Morgan fingerprint density at radius 1 is 1.03 bits per heavy atom. The van der Waals surface area contributed by atoms with E-state index in [0.717, 1.165) is 42.2 Å². The van der Waals surface area contributed by atoms with Gasteiger partial charge in [0.2, 0.25) is 11.6 Å². The lowest BCUT2D eigenvalue weighted by Gasteiger charge is -2.22. The Morgan fingerprint density at radius 3 is 2.36 bits per heavy atom. The fourth-order valence-corrected chi connectivity index (χ4v) is 8.14. The van der Waals surface area contributed by atoms with Gasteiger partial charge in [0.15, 0.2) is 0 Å². The summed E-state index contributed by atoms with van der Waals surface area (Å²) in [6.07, 6.45) is 2.14. The molecule has 12 nitrogen and oxygen atoms in total. The van der Waals surface area contributed by atoms with E-state index >= 15 is 0 Å². The quantitative estimate of drug-likeness (QED) is 0.0469. The van der Waals surface area contributed by atoms with E-state index in [1.54, 1.807) is 45.0 Å². The van der Waals surface area contributed by atoms with Crippen molar-refractivity contribution in [2.75, 3.05) is 31.2 Å². The second-order valence-electron chi connectivity index (χ2n) is 15.1. The number of thiazole rings is 1. The zero-order chi connectivity index (χ0) is 41.8. The van der Waals surface area contributed by atoms with Crippen molar-refractivity contribution in [3.8, 4) is 33.5 Å². The number of carbonyl (C=O) groups is 3. The summed E-state index contributed by atoms with van der Waals surface area (Å²) in [6.45, 7) is 18.9. The van der Waals surface area contributed by atoms with E-state index in [0.29, 0.717) is 56.2 Å². The number of aromatic nitrogens is 2. The maximum atomic E-state index is 13.0. The van der Waals surface area contributed by atoms with Crippen LogP contribution in [0.1, 0.15) is 78.0 Å². The van der Waals surface area contributed by atoms with Gasteiger partial charge in [-0.15, -0.1) is 11.3 Å². The number of pyridine rings is 1. The first-order valence-electron chi connectivity index (χ1n) is 19.1. The number of carbonyl (C=O) groups excluding carboxylic acids is 3. The van der Waals surface area contributed by atoms with Crippen molar-refractivity contribution < 1.29 is 28.6 Å². The Hall–Kier alpha value is -5.15. The Bertz CT molecular complexity index is 2150. The van der Waals surface area contributed by atoms with Crippen molar-refractivity contribution in [1.29, 1.82) is 5.26 Å². The van der Waals surface area contributed by atoms with Crippen molar-refractivity contribution >= 4 is 64.1 Å². The number of hydrogen-bond donors (Lipinski definition) is 1. The van der Waals surface area contributed by atoms with Crippen molar-refractivity contribution in [2.24, 2.45) is 5.92 Å². The molecule has 0 saturated carbocycles.